The van der Waals surface area contributed by atoms with Gasteiger partial charge in [0.1, 0.15) is 6.33 Å². The van der Waals surface area contributed by atoms with Crippen molar-refractivity contribution in [3.05, 3.63) is 66.0 Å². The van der Waals surface area contributed by atoms with E-state index < -0.39 is 0 Å². The molecule has 2 aromatic carbocycles. The summed E-state index contributed by atoms with van der Waals surface area (Å²) in [6, 6.07) is 15.3. The van der Waals surface area contributed by atoms with Crippen LogP contribution in [0.4, 0.5) is 5.82 Å². The van der Waals surface area contributed by atoms with Crippen LogP contribution in [0.25, 0.3) is 16.7 Å². The zero-order valence-electron chi connectivity index (χ0n) is 14.8. The van der Waals surface area contributed by atoms with E-state index in [1.165, 1.54) is 12.8 Å². The Balaban J connectivity index is 1.60. The molecule has 2 aromatic heterocycles. The number of aromatic nitrogens is 4. The standard InChI is InChI=1S/C21H19N5O/c27-19(14-6-2-1-3-7-14)15-10-11-17-18(12-15)26-13-22-25-21(26)20(24-17)23-16-8-4-5-9-16/h1-3,6-7,10-13,16H,4-5,8-9H2,(H,23,24). The molecule has 2 heterocycles. The first-order valence-corrected chi connectivity index (χ1v) is 9.29. The number of ketones is 1. The molecule has 27 heavy (non-hydrogen) atoms. The Morgan fingerprint density at radius 1 is 1.04 bits per heavy atom. The van der Waals surface area contributed by atoms with E-state index in [1.807, 2.05) is 52.9 Å². The van der Waals surface area contributed by atoms with E-state index in [0.29, 0.717) is 22.8 Å². The normalized spacial score (nSPS) is 14.8. The number of carbonyl (C=O) groups is 1. The van der Waals surface area contributed by atoms with E-state index in [4.69, 9.17) is 4.98 Å². The summed E-state index contributed by atoms with van der Waals surface area (Å²) >= 11 is 0. The van der Waals surface area contributed by atoms with Gasteiger partial charge in [-0.25, -0.2) is 4.98 Å². The zero-order chi connectivity index (χ0) is 18.2. The molecule has 5 rings (SSSR count). The molecule has 4 aromatic rings. The highest BCUT2D eigenvalue weighted by Gasteiger charge is 2.19. The SMILES string of the molecule is O=C(c1ccccc1)c1ccc2nc(NC3CCCC3)c3nncn3c2c1. The summed E-state index contributed by atoms with van der Waals surface area (Å²) in [5.41, 5.74) is 3.63. The fourth-order valence-corrected chi connectivity index (χ4v) is 3.81. The van der Waals surface area contributed by atoms with Crippen molar-refractivity contribution in [1.29, 1.82) is 0 Å². The van der Waals surface area contributed by atoms with Crippen LogP contribution in [0.15, 0.2) is 54.9 Å². The third-order valence-electron chi connectivity index (χ3n) is 5.22. The molecule has 6 nitrogen and oxygen atoms in total. The number of hydrogen-bond donors (Lipinski definition) is 1. The Bertz CT molecular complexity index is 1130. The summed E-state index contributed by atoms with van der Waals surface area (Å²) in [5, 5.41) is 11.8. The van der Waals surface area contributed by atoms with Gasteiger partial charge >= 0.3 is 0 Å². The number of nitrogens with zero attached hydrogens (tertiary/aromatic N) is 4. The molecular formula is C21H19N5O. The topological polar surface area (TPSA) is 72.2 Å². The van der Waals surface area contributed by atoms with Crippen LogP contribution in [-0.4, -0.2) is 31.4 Å². The minimum atomic E-state index is -0.00752. The number of fused-ring (bicyclic) bond motifs is 3. The van der Waals surface area contributed by atoms with Gasteiger partial charge in [0.05, 0.1) is 11.0 Å². The molecule has 0 atom stereocenters. The Labute approximate surface area is 156 Å². The van der Waals surface area contributed by atoms with Crippen LogP contribution in [0, 0.1) is 0 Å². The van der Waals surface area contributed by atoms with Crippen LogP contribution in [0.5, 0.6) is 0 Å². The van der Waals surface area contributed by atoms with Gasteiger partial charge in [-0.05, 0) is 31.0 Å². The van der Waals surface area contributed by atoms with E-state index in [9.17, 15) is 4.79 Å². The van der Waals surface area contributed by atoms with Gasteiger partial charge in [0, 0.05) is 17.2 Å². The third kappa shape index (κ3) is 2.83. The van der Waals surface area contributed by atoms with E-state index in [0.717, 1.165) is 29.7 Å². The molecule has 0 unspecified atom stereocenters. The van der Waals surface area contributed by atoms with E-state index in [2.05, 4.69) is 15.5 Å². The van der Waals surface area contributed by atoms with Gasteiger partial charge in [-0.15, -0.1) is 10.2 Å². The smallest absolute Gasteiger partial charge is 0.203 e. The lowest BCUT2D eigenvalue weighted by Gasteiger charge is -2.14. The number of benzene rings is 2. The van der Waals surface area contributed by atoms with E-state index in [-0.39, 0.29) is 5.78 Å². The minimum absolute atomic E-state index is 0.00752. The molecule has 0 radical (unpaired) electrons. The zero-order valence-corrected chi connectivity index (χ0v) is 14.8. The Hall–Kier alpha value is -3.28. The molecule has 1 saturated carbocycles. The number of hydrogen-bond acceptors (Lipinski definition) is 5. The first-order valence-electron chi connectivity index (χ1n) is 9.29. The van der Waals surface area contributed by atoms with Crippen molar-refractivity contribution in [2.45, 2.75) is 31.7 Å². The minimum Gasteiger partial charge on any atom is -0.364 e. The molecule has 1 N–H and O–H groups in total. The molecule has 1 aliphatic carbocycles. The highest BCUT2D eigenvalue weighted by atomic mass is 16.1. The lowest BCUT2D eigenvalue weighted by atomic mass is 10.0. The molecule has 1 fully saturated rings. The van der Waals surface area contributed by atoms with Crippen molar-refractivity contribution in [3.8, 4) is 0 Å². The quantitative estimate of drug-likeness (QED) is 0.562. The summed E-state index contributed by atoms with van der Waals surface area (Å²) in [4.78, 5) is 17.6. The van der Waals surface area contributed by atoms with Gasteiger partial charge in [-0.2, -0.15) is 0 Å². The molecule has 0 aliphatic heterocycles. The second-order valence-electron chi connectivity index (χ2n) is 7.01. The fraction of sp³-hybridized carbons (Fsp3) is 0.238. The van der Waals surface area contributed by atoms with Crippen molar-refractivity contribution < 1.29 is 4.79 Å². The second kappa shape index (κ2) is 6.46. The average molecular weight is 357 g/mol. The highest BCUT2D eigenvalue weighted by molar-refractivity contribution is 6.10. The Morgan fingerprint density at radius 2 is 1.85 bits per heavy atom. The predicted molar refractivity (Wildman–Crippen MR) is 104 cm³/mol. The monoisotopic (exact) mass is 357 g/mol. The van der Waals surface area contributed by atoms with E-state index in [1.54, 1.807) is 6.33 Å². The van der Waals surface area contributed by atoms with Crippen molar-refractivity contribution in [1.82, 2.24) is 19.6 Å². The summed E-state index contributed by atoms with van der Waals surface area (Å²) in [6.07, 6.45) is 6.49. The lowest BCUT2D eigenvalue weighted by molar-refractivity contribution is 0.103. The molecule has 0 amide bonds. The second-order valence-corrected chi connectivity index (χ2v) is 7.01. The largest absolute Gasteiger partial charge is 0.364 e. The molecule has 0 bridgehead atoms. The van der Waals surface area contributed by atoms with Gasteiger partial charge in [0.25, 0.3) is 0 Å². The maximum absolute atomic E-state index is 12.8. The van der Waals surface area contributed by atoms with Crippen LogP contribution in [0.2, 0.25) is 0 Å². The molecule has 134 valence electrons. The van der Waals surface area contributed by atoms with Crippen LogP contribution < -0.4 is 5.32 Å². The van der Waals surface area contributed by atoms with Crippen molar-refractivity contribution in [2.75, 3.05) is 5.32 Å². The first kappa shape index (κ1) is 15.9. The summed E-state index contributed by atoms with van der Waals surface area (Å²) in [5.74, 6) is 0.751. The van der Waals surface area contributed by atoms with Crippen LogP contribution in [0.1, 0.15) is 41.6 Å². The lowest BCUT2D eigenvalue weighted by Crippen LogP contribution is -2.16. The predicted octanol–water partition coefficient (Wildman–Crippen LogP) is 3.86. The molecule has 1 aliphatic rings. The first-order chi connectivity index (χ1) is 13.3. The van der Waals surface area contributed by atoms with Crippen LogP contribution in [0.3, 0.4) is 0 Å². The maximum Gasteiger partial charge on any atom is 0.203 e. The van der Waals surface area contributed by atoms with E-state index >= 15 is 0 Å². The summed E-state index contributed by atoms with van der Waals surface area (Å²) < 4.78 is 1.90. The fourth-order valence-electron chi connectivity index (χ4n) is 3.81. The maximum atomic E-state index is 12.8. The van der Waals surface area contributed by atoms with Gasteiger partial charge in [-0.1, -0.05) is 43.2 Å². The van der Waals surface area contributed by atoms with Crippen molar-refractivity contribution in [3.63, 3.8) is 0 Å². The number of rotatable bonds is 4. The van der Waals surface area contributed by atoms with Gasteiger partial charge < -0.3 is 5.32 Å². The van der Waals surface area contributed by atoms with Crippen LogP contribution in [-0.2, 0) is 0 Å². The summed E-state index contributed by atoms with van der Waals surface area (Å²) in [6.45, 7) is 0. The number of carbonyl (C=O) groups excluding carboxylic acids is 1. The number of anilines is 1. The Kier molecular flexibility index (Phi) is 3.81. The van der Waals surface area contributed by atoms with Gasteiger partial charge in [0.15, 0.2) is 11.6 Å². The molecule has 0 saturated heterocycles. The Morgan fingerprint density at radius 3 is 2.67 bits per heavy atom. The molecule has 6 heteroatoms. The van der Waals surface area contributed by atoms with Gasteiger partial charge in [-0.3, -0.25) is 9.20 Å². The average Bonchev–Trinajstić information content (AvgIpc) is 3.40. The van der Waals surface area contributed by atoms with Crippen molar-refractivity contribution in [2.24, 2.45) is 0 Å². The number of nitrogens with one attached hydrogen (secondary N) is 1. The summed E-state index contributed by atoms with van der Waals surface area (Å²) in [7, 11) is 0. The van der Waals surface area contributed by atoms with Crippen LogP contribution >= 0.6 is 0 Å². The molecular weight excluding hydrogens is 338 g/mol. The van der Waals surface area contributed by atoms with Gasteiger partial charge in [0.2, 0.25) is 5.65 Å². The third-order valence-corrected chi connectivity index (χ3v) is 5.22. The highest BCUT2D eigenvalue weighted by Crippen LogP contribution is 2.26. The molecule has 0 spiro atoms. The van der Waals surface area contributed by atoms with Crippen molar-refractivity contribution >= 4 is 28.3 Å².